The molecular formula is C18H17N3O4S. The van der Waals surface area contributed by atoms with E-state index < -0.39 is 17.7 Å². The molecule has 0 aliphatic carbocycles. The van der Waals surface area contributed by atoms with Gasteiger partial charge < -0.3 is 10.6 Å². The average Bonchev–Trinajstić information content (AvgIpc) is 3.22. The zero-order valence-electron chi connectivity index (χ0n) is 13.9. The number of hydrogen-bond donors (Lipinski definition) is 2. The van der Waals surface area contributed by atoms with E-state index in [0.29, 0.717) is 17.5 Å². The summed E-state index contributed by atoms with van der Waals surface area (Å²) >= 11 is 1.51. The lowest BCUT2D eigenvalue weighted by atomic mass is 10.1. The molecule has 0 unspecified atom stereocenters. The number of nitrogens with zero attached hydrogens (tertiary/aromatic N) is 1. The van der Waals surface area contributed by atoms with Crippen molar-refractivity contribution in [2.45, 2.75) is 6.42 Å². The van der Waals surface area contributed by atoms with Crippen LogP contribution in [0.2, 0.25) is 0 Å². The maximum absolute atomic E-state index is 12.2. The molecular weight excluding hydrogens is 354 g/mol. The lowest BCUT2D eigenvalue weighted by Gasteiger charge is -2.13. The van der Waals surface area contributed by atoms with Crippen LogP contribution in [-0.2, 0) is 16.0 Å². The van der Waals surface area contributed by atoms with Gasteiger partial charge in [0.2, 0.25) is 11.8 Å². The average molecular weight is 371 g/mol. The topological polar surface area (TPSA) is 95.6 Å². The summed E-state index contributed by atoms with van der Waals surface area (Å²) in [6.45, 7) is 0.158. The van der Waals surface area contributed by atoms with Crippen molar-refractivity contribution < 1.29 is 19.2 Å². The lowest BCUT2D eigenvalue weighted by Crippen LogP contribution is -2.42. The van der Waals surface area contributed by atoms with Crippen molar-refractivity contribution in [3.05, 3.63) is 57.8 Å². The molecule has 0 spiro atoms. The number of carbonyl (C=O) groups excluding carboxylic acids is 4. The number of fused-ring (bicyclic) bond motifs is 1. The predicted octanol–water partition coefficient (Wildman–Crippen LogP) is 0.819. The van der Waals surface area contributed by atoms with Gasteiger partial charge in [0.1, 0.15) is 6.54 Å². The van der Waals surface area contributed by atoms with Gasteiger partial charge in [0.05, 0.1) is 17.5 Å². The van der Waals surface area contributed by atoms with E-state index in [1.807, 2.05) is 17.5 Å². The molecule has 0 saturated carbocycles. The molecule has 0 radical (unpaired) electrons. The second-order valence-corrected chi connectivity index (χ2v) is 6.73. The molecule has 0 atom stereocenters. The molecule has 1 aliphatic heterocycles. The fourth-order valence-electron chi connectivity index (χ4n) is 2.62. The van der Waals surface area contributed by atoms with Gasteiger partial charge in [-0.15, -0.1) is 11.3 Å². The van der Waals surface area contributed by atoms with Crippen LogP contribution in [-0.4, -0.2) is 48.2 Å². The number of thiophene rings is 1. The Hall–Kier alpha value is -3.00. The number of carbonyl (C=O) groups is 4. The Bertz CT molecular complexity index is 813. The van der Waals surface area contributed by atoms with Crippen LogP contribution in [0.3, 0.4) is 0 Å². The smallest absolute Gasteiger partial charge is 0.262 e. The Morgan fingerprint density at radius 1 is 0.885 bits per heavy atom. The molecule has 0 fully saturated rings. The van der Waals surface area contributed by atoms with Crippen LogP contribution in [0.25, 0.3) is 0 Å². The second kappa shape index (κ2) is 7.92. The van der Waals surface area contributed by atoms with Crippen molar-refractivity contribution in [3.63, 3.8) is 0 Å². The summed E-state index contributed by atoms with van der Waals surface area (Å²) in [5.41, 5.74) is 0.622. The van der Waals surface area contributed by atoms with Gasteiger partial charge in [0.25, 0.3) is 11.8 Å². The highest BCUT2D eigenvalue weighted by Crippen LogP contribution is 2.21. The van der Waals surface area contributed by atoms with Crippen molar-refractivity contribution in [3.8, 4) is 0 Å². The third-order valence-corrected chi connectivity index (χ3v) is 4.74. The maximum atomic E-state index is 12.2. The van der Waals surface area contributed by atoms with Crippen LogP contribution in [0.1, 0.15) is 25.6 Å². The van der Waals surface area contributed by atoms with Crippen LogP contribution < -0.4 is 10.6 Å². The molecule has 7 nitrogen and oxygen atoms in total. The van der Waals surface area contributed by atoms with E-state index in [-0.39, 0.29) is 25.5 Å². The number of imide groups is 1. The van der Waals surface area contributed by atoms with Crippen molar-refractivity contribution in [2.75, 3.05) is 19.6 Å². The summed E-state index contributed by atoms with van der Waals surface area (Å²) in [5.74, 6) is -1.51. The molecule has 0 bridgehead atoms. The number of rotatable bonds is 7. The first-order valence-electron chi connectivity index (χ1n) is 8.07. The van der Waals surface area contributed by atoms with Gasteiger partial charge in [-0.25, -0.2) is 0 Å². The third kappa shape index (κ3) is 3.97. The summed E-state index contributed by atoms with van der Waals surface area (Å²) in [7, 11) is 0. The molecule has 2 aromatic rings. The molecule has 2 heterocycles. The number of benzene rings is 1. The molecule has 2 N–H and O–H groups in total. The highest BCUT2D eigenvalue weighted by molar-refractivity contribution is 7.10. The van der Waals surface area contributed by atoms with E-state index in [0.717, 1.165) is 9.78 Å². The zero-order valence-corrected chi connectivity index (χ0v) is 14.7. The Balaban J connectivity index is 1.40. The first-order chi connectivity index (χ1) is 12.6. The summed E-state index contributed by atoms with van der Waals surface area (Å²) in [6.07, 6.45) is 0.306. The first-order valence-corrected chi connectivity index (χ1v) is 8.95. The summed E-state index contributed by atoms with van der Waals surface area (Å²) < 4.78 is 0. The maximum Gasteiger partial charge on any atom is 0.262 e. The predicted molar refractivity (Wildman–Crippen MR) is 95.9 cm³/mol. The number of hydrogen-bond acceptors (Lipinski definition) is 5. The quantitative estimate of drug-likeness (QED) is 0.556. The lowest BCUT2D eigenvalue weighted by molar-refractivity contribution is -0.122. The van der Waals surface area contributed by atoms with Crippen molar-refractivity contribution in [1.29, 1.82) is 0 Å². The summed E-state index contributed by atoms with van der Waals surface area (Å²) in [5, 5.41) is 7.21. The largest absolute Gasteiger partial charge is 0.354 e. The van der Waals surface area contributed by atoms with Gasteiger partial charge in [0.15, 0.2) is 0 Å². The highest BCUT2D eigenvalue weighted by atomic mass is 32.1. The Morgan fingerprint density at radius 3 is 2.08 bits per heavy atom. The van der Waals surface area contributed by atoms with E-state index in [2.05, 4.69) is 10.6 Å². The van der Waals surface area contributed by atoms with Gasteiger partial charge in [-0.2, -0.15) is 0 Å². The van der Waals surface area contributed by atoms with E-state index in [4.69, 9.17) is 0 Å². The minimum absolute atomic E-state index is 0.123. The third-order valence-electron chi connectivity index (χ3n) is 3.86. The van der Waals surface area contributed by atoms with Crippen LogP contribution in [0.4, 0.5) is 0 Å². The van der Waals surface area contributed by atoms with Gasteiger partial charge in [-0.3, -0.25) is 24.1 Å². The molecule has 3 rings (SSSR count). The van der Waals surface area contributed by atoms with E-state index in [1.165, 1.54) is 11.3 Å². The molecule has 4 amide bonds. The van der Waals surface area contributed by atoms with Crippen molar-refractivity contribution in [2.24, 2.45) is 0 Å². The van der Waals surface area contributed by atoms with E-state index in [1.54, 1.807) is 24.3 Å². The molecule has 1 aromatic heterocycles. The fraction of sp³-hybridized carbons (Fsp3) is 0.222. The standard InChI is InChI=1S/C18H17N3O4S/c22-15(10-12-4-3-9-26-12)19-7-8-20-16(23)11-21-17(24)13-5-1-2-6-14(13)18(21)25/h1-6,9H,7-8,10-11H2,(H,19,22)(H,20,23). The molecule has 1 aromatic carbocycles. The van der Waals surface area contributed by atoms with Crippen molar-refractivity contribution in [1.82, 2.24) is 15.5 Å². The van der Waals surface area contributed by atoms with Gasteiger partial charge >= 0.3 is 0 Å². The summed E-state index contributed by atoms with van der Waals surface area (Å²) in [6, 6.07) is 10.2. The Kier molecular flexibility index (Phi) is 5.43. The minimum atomic E-state index is -0.468. The normalized spacial score (nSPS) is 12.8. The van der Waals surface area contributed by atoms with Gasteiger partial charge in [0, 0.05) is 18.0 Å². The van der Waals surface area contributed by atoms with Gasteiger partial charge in [-0.1, -0.05) is 18.2 Å². The monoisotopic (exact) mass is 371 g/mol. The van der Waals surface area contributed by atoms with Crippen LogP contribution in [0, 0.1) is 0 Å². The van der Waals surface area contributed by atoms with Crippen LogP contribution in [0.15, 0.2) is 41.8 Å². The number of amides is 4. The summed E-state index contributed by atoms with van der Waals surface area (Å²) in [4.78, 5) is 50.0. The zero-order chi connectivity index (χ0) is 18.5. The van der Waals surface area contributed by atoms with Gasteiger partial charge in [-0.05, 0) is 23.6 Å². The SMILES string of the molecule is O=C(Cc1cccs1)NCCNC(=O)CN1C(=O)c2ccccc2C1=O. The second-order valence-electron chi connectivity index (χ2n) is 5.70. The fourth-order valence-corrected chi connectivity index (χ4v) is 3.32. The van der Waals surface area contributed by atoms with E-state index in [9.17, 15) is 19.2 Å². The number of nitrogens with one attached hydrogen (secondary N) is 2. The molecule has 8 heteroatoms. The molecule has 0 saturated heterocycles. The Labute approximate surface area is 154 Å². The molecule has 134 valence electrons. The molecule has 26 heavy (non-hydrogen) atoms. The first kappa shape index (κ1) is 17.8. The highest BCUT2D eigenvalue weighted by Gasteiger charge is 2.36. The Morgan fingerprint density at radius 2 is 1.50 bits per heavy atom. The van der Waals surface area contributed by atoms with Crippen molar-refractivity contribution >= 4 is 35.0 Å². The minimum Gasteiger partial charge on any atom is -0.354 e. The van der Waals surface area contributed by atoms with Crippen LogP contribution in [0.5, 0.6) is 0 Å². The van der Waals surface area contributed by atoms with E-state index >= 15 is 0 Å². The molecule has 1 aliphatic rings. The van der Waals surface area contributed by atoms with Crippen LogP contribution >= 0.6 is 11.3 Å².